The Labute approximate surface area is 110 Å². The molecule has 0 unspecified atom stereocenters. The van der Waals surface area contributed by atoms with Gasteiger partial charge in [-0.05, 0) is 26.0 Å². The summed E-state index contributed by atoms with van der Waals surface area (Å²) in [6.45, 7) is 3.27. The molecule has 6 nitrogen and oxygen atoms in total. The van der Waals surface area contributed by atoms with Crippen molar-refractivity contribution in [3.8, 4) is 11.4 Å². The number of carboxylic acid groups (broad SMARTS) is 1. The lowest BCUT2D eigenvalue weighted by Crippen LogP contribution is -2.26. The van der Waals surface area contributed by atoms with Crippen molar-refractivity contribution >= 4 is 5.97 Å². The van der Waals surface area contributed by atoms with Crippen LogP contribution in [-0.4, -0.2) is 31.2 Å². The first kappa shape index (κ1) is 13.1. The maximum atomic E-state index is 11.1. The van der Waals surface area contributed by atoms with E-state index < -0.39 is 11.4 Å². The number of carboxylic acids is 1. The second kappa shape index (κ2) is 4.72. The van der Waals surface area contributed by atoms with Crippen molar-refractivity contribution in [3.05, 3.63) is 36.2 Å². The average molecular weight is 261 g/mol. The van der Waals surface area contributed by atoms with E-state index >= 15 is 0 Å². The van der Waals surface area contributed by atoms with E-state index in [0.717, 1.165) is 0 Å². The minimum atomic E-state index is -0.903. The molecule has 0 bridgehead atoms. The quantitative estimate of drug-likeness (QED) is 0.873. The van der Waals surface area contributed by atoms with Crippen molar-refractivity contribution in [2.24, 2.45) is 5.41 Å². The fourth-order valence-corrected chi connectivity index (χ4v) is 1.68. The first-order valence-electron chi connectivity index (χ1n) is 5.83. The van der Waals surface area contributed by atoms with Crippen LogP contribution in [-0.2, 0) is 11.2 Å². The first-order valence-corrected chi connectivity index (χ1v) is 5.83. The fourth-order valence-electron chi connectivity index (χ4n) is 1.68. The second-order valence-corrected chi connectivity index (χ2v) is 5.01. The zero-order chi connectivity index (χ0) is 14.0. The summed E-state index contributed by atoms with van der Waals surface area (Å²) in [5, 5.41) is 26.6. The van der Waals surface area contributed by atoms with Crippen LogP contribution in [0.15, 0.2) is 30.5 Å². The molecule has 1 heterocycles. The van der Waals surface area contributed by atoms with Gasteiger partial charge in [0.2, 0.25) is 0 Å². The van der Waals surface area contributed by atoms with Gasteiger partial charge in [0.05, 0.1) is 17.3 Å². The maximum absolute atomic E-state index is 11.1. The van der Waals surface area contributed by atoms with E-state index in [4.69, 9.17) is 5.11 Å². The molecular weight excluding hydrogens is 246 g/mol. The Morgan fingerprint density at radius 2 is 2.05 bits per heavy atom. The Hall–Kier alpha value is -2.37. The molecule has 2 N–H and O–H groups in total. The van der Waals surface area contributed by atoms with Gasteiger partial charge in [0.25, 0.3) is 0 Å². The molecule has 1 aromatic carbocycles. The van der Waals surface area contributed by atoms with E-state index in [2.05, 4.69) is 10.3 Å². The summed E-state index contributed by atoms with van der Waals surface area (Å²) in [6.07, 6.45) is 1.90. The van der Waals surface area contributed by atoms with Crippen LogP contribution < -0.4 is 0 Å². The van der Waals surface area contributed by atoms with Crippen molar-refractivity contribution in [1.29, 1.82) is 0 Å². The summed E-state index contributed by atoms with van der Waals surface area (Å²) in [5.74, 6) is -0.791. The number of aromatic nitrogens is 3. The number of hydrogen-bond donors (Lipinski definition) is 2. The van der Waals surface area contributed by atoms with Crippen LogP contribution in [0.5, 0.6) is 5.75 Å². The highest BCUT2D eigenvalue weighted by atomic mass is 16.4. The lowest BCUT2D eigenvalue weighted by Gasteiger charge is -2.16. The SMILES string of the molecule is CC(C)(Cc1cn(-c2ccccc2O)nn1)C(=O)O. The molecule has 0 saturated carbocycles. The molecule has 2 aromatic rings. The van der Waals surface area contributed by atoms with E-state index in [0.29, 0.717) is 11.4 Å². The fraction of sp³-hybridized carbons (Fsp3) is 0.308. The summed E-state index contributed by atoms with van der Waals surface area (Å²) < 4.78 is 1.43. The van der Waals surface area contributed by atoms with Crippen molar-refractivity contribution in [1.82, 2.24) is 15.0 Å². The molecule has 0 radical (unpaired) electrons. The Morgan fingerprint density at radius 3 is 2.68 bits per heavy atom. The third-order valence-electron chi connectivity index (χ3n) is 2.87. The number of carbonyl (C=O) groups is 1. The van der Waals surface area contributed by atoms with E-state index in [9.17, 15) is 9.90 Å². The predicted molar refractivity (Wildman–Crippen MR) is 68.1 cm³/mol. The molecule has 0 aliphatic heterocycles. The van der Waals surface area contributed by atoms with Crippen LogP contribution in [0.3, 0.4) is 0 Å². The molecule has 6 heteroatoms. The molecule has 0 fully saturated rings. The van der Waals surface area contributed by atoms with Gasteiger partial charge in [0.1, 0.15) is 11.4 Å². The zero-order valence-electron chi connectivity index (χ0n) is 10.7. The van der Waals surface area contributed by atoms with Crippen LogP contribution in [0.4, 0.5) is 0 Å². The van der Waals surface area contributed by atoms with Crippen LogP contribution >= 0.6 is 0 Å². The van der Waals surface area contributed by atoms with Gasteiger partial charge in [-0.25, -0.2) is 4.68 Å². The van der Waals surface area contributed by atoms with Gasteiger partial charge in [-0.15, -0.1) is 5.10 Å². The van der Waals surface area contributed by atoms with Crippen molar-refractivity contribution in [3.63, 3.8) is 0 Å². The Bertz CT molecular complexity index is 605. The Balaban J connectivity index is 2.26. The van der Waals surface area contributed by atoms with Crippen molar-refractivity contribution < 1.29 is 15.0 Å². The van der Waals surface area contributed by atoms with Gasteiger partial charge < -0.3 is 10.2 Å². The van der Waals surface area contributed by atoms with E-state index in [1.54, 1.807) is 44.3 Å². The van der Waals surface area contributed by atoms with Crippen LogP contribution in [0.25, 0.3) is 5.69 Å². The minimum absolute atomic E-state index is 0.0939. The molecule has 19 heavy (non-hydrogen) atoms. The molecular formula is C13H15N3O3. The number of phenolic OH excluding ortho intramolecular Hbond substituents is 1. The molecule has 2 rings (SSSR count). The van der Waals surface area contributed by atoms with Gasteiger partial charge in [0.15, 0.2) is 0 Å². The van der Waals surface area contributed by atoms with Gasteiger partial charge in [-0.1, -0.05) is 17.3 Å². The van der Waals surface area contributed by atoms with Crippen LogP contribution in [0, 0.1) is 5.41 Å². The van der Waals surface area contributed by atoms with Crippen LogP contribution in [0.2, 0.25) is 0 Å². The van der Waals surface area contributed by atoms with Gasteiger partial charge in [-0.3, -0.25) is 4.79 Å². The van der Waals surface area contributed by atoms with Crippen molar-refractivity contribution in [2.45, 2.75) is 20.3 Å². The predicted octanol–water partition coefficient (Wildman–Crippen LogP) is 1.63. The van der Waals surface area contributed by atoms with E-state index in [1.807, 2.05) is 0 Å². The third kappa shape index (κ3) is 2.73. The lowest BCUT2D eigenvalue weighted by atomic mass is 9.88. The number of nitrogens with zero attached hydrogens (tertiary/aromatic N) is 3. The molecule has 0 saturated heterocycles. The Morgan fingerprint density at radius 1 is 1.37 bits per heavy atom. The molecule has 1 aromatic heterocycles. The molecule has 0 aliphatic carbocycles. The highest BCUT2D eigenvalue weighted by Gasteiger charge is 2.28. The zero-order valence-corrected chi connectivity index (χ0v) is 10.7. The molecule has 100 valence electrons. The standard InChI is InChI=1S/C13H15N3O3/c1-13(2,12(18)19)7-9-8-16(15-14-9)10-5-3-4-6-11(10)17/h3-6,8,17H,7H2,1-2H3,(H,18,19). The van der Waals surface area contributed by atoms with Gasteiger partial charge in [-0.2, -0.15) is 0 Å². The number of hydrogen-bond acceptors (Lipinski definition) is 4. The minimum Gasteiger partial charge on any atom is -0.506 e. The molecule has 0 spiro atoms. The van der Waals surface area contributed by atoms with E-state index in [-0.39, 0.29) is 12.2 Å². The summed E-state index contributed by atoms with van der Waals surface area (Å²) in [4.78, 5) is 11.1. The summed E-state index contributed by atoms with van der Waals surface area (Å²) >= 11 is 0. The van der Waals surface area contributed by atoms with Gasteiger partial charge >= 0.3 is 5.97 Å². The monoisotopic (exact) mass is 261 g/mol. The Kier molecular flexibility index (Phi) is 3.25. The lowest BCUT2D eigenvalue weighted by molar-refractivity contribution is -0.146. The van der Waals surface area contributed by atoms with Gasteiger partial charge in [0, 0.05) is 6.42 Å². The smallest absolute Gasteiger partial charge is 0.309 e. The average Bonchev–Trinajstić information content (AvgIpc) is 2.77. The highest BCUT2D eigenvalue weighted by molar-refractivity contribution is 5.73. The molecule has 0 atom stereocenters. The number of rotatable bonds is 4. The molecule has 0 amide bonds. The largest absolute Gasteiger partial charge is 0.506 e. The normalized spacial score (nSPS) is 11.5. The second-order valence-electron chi connectivity index (χ2n) is 5.01. The summed E-state index contributed by atoms with van der Waals surface area (Å²) in [5.41, 5.74) is 0.171. The maximum Gasteiger partial charge on any atom is 0.309 e. The number of para-hydroxylation sites is 2. The third-order valence-corrected chi connectivity index (χ3v) is 2.87. The number of aliphatic carboxylic acids is 1. The van der Waals surface area contributed by atoms with Crippen LogP contribution in [0.1, 0.15) is 19.5 Å². The number of benzene rings is 1. The highest BCUT2D eigenvalue weighted by Crippen LogP contribution is 2.23. The first-order chi connectivity index (χ1) is 8.90. The number of phenols is 1. The molecule has 0 aliphatic rings. The topological polar surface area (TPSA) is 88.2 Å². The summed E-state index contributed by atoms with van der Waals surface area (Å²) in [6, 6.07) is 6.75. The van der Waals surface area contributed by atoms with Crippen molar-refractivity contribution in [2.75, 3.05) is 0 Å². The summed E-state index contributed by atoms with van der Waals surface area (Å²) in [7, 11) is 0. The van der Waals surface area contributed by atoms with E-state index in [1.165, 1.54) is 4.68 Å². The number of aromatic hydroxyl groups is 1.